The molecule has 0 heterocycles. The van der Waals surface area contributed by atoms with Crippen molar-refractivity contribution < 1.29 is 9.84 Å². The first-order valence-electron chi connectivity index (χ1n) is 5.76. The highest BCUT2D eigenvalue weighted by atomic mass is 79.9. The molecule has 0 spiro atoms. The van der Waals surface area contributed by atoms with E-state index >= 15 is 0 Å². The first-order chi connectivity index (χ1) is 8.02. The van der Waals surface area contributed by atoms with Crippen LogP contribution in [0.25, 0.3) is 0 Å². The molecule has 0 aliphatic heterocycles. The highest BCUT2D eigenvalue weighted by Crippen LogP contribution is 2.25. The molecule has 1 unspecified atom stereocenters. The van der Waals surface area contributed by atoms with E-state index in [2.05, 4.69) is 35.1 Å². The lowest BCUT2D eigenvalue weighted by atomic mass is 10.1. The number of hydrogen-bond acceptors (Lipinski definition) is 3. The number of methoxy groups -OCH3 is 1. The van der Waals surface area contributed by atoms with Crippen LogP contribution in [0.3, 0.4) is 0 Å². The number of ether oxygens (including phenoxy) is 1. The van der Waals surface area contributed by atoms with E-state index in [-0.39, 0.29) is 6.10 Å². The van der Waals surface area contributed by atoms with Gasteiger partial charge in [0.25, 0.3) is 0 Å². The van der Waals surface area contributed by atoms with Crippen molar-refractivity contribution in [3.05, 3.63) is 28.2 Å². The number of rotatable bonds is 6. The normalized spacial score (nSPS) is 12.8. The molecule has 0 aliphatic rings. The molecule has 3 nitrogen and oxygen atoms in total. The Morgan fingerprint density at radius 2 is 2.12 bits per heavy atom. The summed E-state index contributed by atoms with van der Waals surface area (Å²) in [4.78, 5) is 0. The number of nitrogens with one attached hydrogen (secondary N) is 1. The summed E-state index contributed by atoms with van der Waals surface area (Å²) in [5.41, 5.74) is 1.09. The maximum Gasteiger partial charge on any atom is 0.133 e. The minimum absolute atomic E-state index is 0.363. The molecular weight excluding hydrogens is 282 g/mol. The van der Waals surface area contributed by atoms with Crippen molar-refractivity contribution >= 4 is 15.9 Å². The minimum Gasteiger partial charge on any atom is -0.496 e. The van der Waals surface area contributed by atoms with Crippen LogP contribution in [0.1, 0.15) is 19.4 Å². The van der Waals surface area contributed by atoms with E-state index in [4.69, 9.17) is 4.74 Å². The van der Waals surface area contributed by atoms with Gasteiger partial charge in [0.15, 0.2) is 0 Å². The first-order valence-corrected chi connectivity index (χ1v) is 6.56. The van der Waals surface area contributed by atoms with Gasteiger partial charge in [-0.2, -0.15) is 0 Å². The highest BCUT2D eigenvalue weighted by molar-refractivity contribution is 9.10. The molecule has 1 aromatic rings. The summed E-state index contributed by atoms with van der Waals surface area (Å²) in [5.74, 6) is 0.809. The molecule has 17 heavy (non-hydrogen) atoms. The van der Waals surface area contributed by atoms with Crippen LogP contribution in [-0.4, -0.2) is 30.9 Å². The van der Waals surface area contributed by atoms with Gasteiger partial charge >= 0.3 is 0 Å². The highest BCUT2D eigenvalue weighted by Gasteiger charge is 2.08. The van der Waals surface area contributed by atoms with Crippen LogP contribution in [-0.2, 0) is 6.42 Å². The second-order valence-corrected chi connectivity index (χ2v) is 5.24. The fraction of sp³-hybridized carbons (Fsp3) is 0.538. The van der Waals surface area contributed by atoms with Gasteiger partial charge in [0, 0.05) is 12.6 Å². The summed E-state index contributed by atoms with van der Waals surface area (Å²) in [6.45, 7) is 4.74. The molecular formula is C13H20BrNO2. The standard InChI is InChI=1S/C13H20BrNO2/c1-9(2)15-8-11(16)6-10-4-5-13(17-3)12(14)7-10/h4-5,7,9,11,15-16H,6,8H2,1-3H3. The van der Waals surface area contributed by atoms with Crippen molar-refractivity contribution in [1.29, 1.82) is 0 Å². The van der Waals surface area contributed by atoms with Gasteiger partial charge in [-0.15, -0.1) is 0 Å². The number of halogens is 1. The van der Waals surface area contributed by atoms with Gasteiger partial charge in [0.05, 0.1) is 17.7 Å². The summed E-state index contributed by atoms with van der Waals surface area (Å²) in [7, 11) is 1.64. The molecule has 0 saturated heterocycles. The quantitative estimate of drug-likeness (QED) is 0.847. The lowest BCUT2D eigenvalue weighted by molar-refractivity contribution is 0.169. The van der Waals surface area contributed by atoms with Gasteiger partial charge in [0.1, 0.15) is 5.75 Å². The zero-order valence-electron chi connectivity index (χ0n) is 10.5. The maximum atomic E-state index is 9.86. The molecule has 96 valence electrons. The van der Waals surface area contributed by atoms with Gasteiger partial charge in [-0.05, 0) is 40.0 Å². The number of hydrogen-bond donors (Lipinski definition) is 2. The number of aliphatic hydroxyl groups excluding tert-OH is 1. The third kappa shape index (κ3) is 5.06. The fourth-order valence-electron chi connectivity index (χ4n) is 1.55. The van der Waals surface area contributed by atoms with Crippen molar-refractivity contribution in [1.82, 2.24) is 5.32 Å². The third-order valence-corrected chi connectivity index (χ3v) is 3.07. The Hall–Kier alpha value is -0.580. The minimum atomic E-state index is -0.363. The Kier molecular flexibility index (Phi) is 5.95. The monoisotopic (exact) mass is 301 g/mol. The topological polar surface area (TPSA) is 41.5 Å². The van der Waals surface area contributed by atoms with Crippen LogP contribution in [0.4, 0.5) is 0 Å². The molecule has 0 saturated carbocycles. The summed E-state index contributed by atoms with van der Waals surface area (Å²) < 4.78 is 6.08. The zero-order chi connectivity index (χ0) is 12.8. The zero-order valence-corrected chi connectivity index (χ0v) is 12.1. The third-order valence-electron chi connectivity index (χ3n) is 2.45. The van der Waals surface area contributed by atoms with Gasteiger partial charge in [0.2, 0.25) is 0 Å². The van der Waals surface area contributed by atoms with Crippen molar-refractivity contribution in [2.45, 2.75) is 32.4 Å². The van der Waals surface area contributed by atoms with E-state index in [0.717, 1.165) is 15.8 Å². The Morgan fingerprint density at radius 1 is 1.41 bits per heavy atom. The second kappa shape index (κ2) is 6.99. The molecule has 0 bridgehead atoms. The van der Waals surface area contributed by atoms with Crippen LogP contribution in [0.15, 0.2) is 22.7 Å². The molecule has 1 aromatic carbocycles. The molecule has 0 radical (unpaired) electrons. The Labute approximate surface area is 111 Å². The predicted octanol–water partition coefficient (Wildman–Crippen LogP) is 2.36. The van der Waals surface area contributed by atoms with Crippen LogP contribution < -0.4 is 10.1 Å². The van der Waals surface area contributed by atoms with E-state index in [0.29, 0.717) is 19.0 Å². The van der Waals surface area contributed by atoms with Crippen molar-refractivity contribution in [3.8, 4) is 5.75 Å². The Bertz CT molecular complexity index is 355. The van der Waals surface area contributed by atoms with Crippen molar-refractivity contribution in [3.63, 3.8) is 0 Å². The van der Waals surface area contributed by atoms with Crippen molar-refractivity contribution in [2.24, 2.45) is 0 Å². The molecule has 1 rings (SSSR count). The summed E-state index contributed by atoms with van der Waals surface area (Å²) >= 11 is 3.44. The molecule has 0 aromatic heterocycles. The van der Waals surface area contributed by atoms with Gasteiger partial charge in [-0.1, -0.05) is 19.9 Å². The van der Waals surface area contributed by atoms with E-state index in [9.17, 15) is 5.11 Å². The molecule has 0 aliphatic carbocycles. The van der Waals surface area contributed by atoms with Crippen molar-refractivity contribution in [2.75, 3.05) is 13.7 Å². The average Bonchev–Trinajstić information content (AvgIpc) is 2.26. The first kappa shape index (κ1) is 14.5. The Balaban J connectivity index is 2.53. The SMILES string of the molecule is COc1ccc(CC(O)CNC(C)C)cc1Br. The lowest BCUT2D eigenvalue weighted by Gasteiger charge is -2.14. The largest absolute Gasteiger partial charge is 0.496 e. The Morgan fingerprint density at radius 3 is 2.65 bits per heavy atom. The van der Waals surface area contributed by atoms with E-state index in [1.807, 2.05) is 18.2 Å². The molecule has 0 fully saturated rings. The number of benzene rings is 1. The van der Waals surface area contributed by atoms with E-state index in [1.165, 1.54) is 0 Å². The van der Waals surface area contributed by atoms with Crippen LogP contribution in [0, 0.1) is 0 Å². The van der Waals surface area contributed by atoms with Gasteiger partial charge in [-0.3, -0.25) is 0 Å². The second-order valence-electron chi connectivity index (χ2n) is 4.39. The lowest BCUT2D eigenvalue weighted by Crippen LogP contribution is -2.33. The fourth-order valence-corrected chi connectivity index (χ4v) is 2.14. The van der Waals surface area contributed by atoms with Crippen LogP contribution in [0.2, 0.25) is 0 Å². The molecule has 1 atom stereocenters. The predicted molar refractivity (Wildman–Crippen MR) is 73.5 cm³/mol. The summed E-state index contributed by atoms with van der Waals surface area (Å²) in [6.07, 6.45) is 0.278. The van der Waals surface area contributed by atoms with Gasteiger partial charge in [-0.25, -0.2) is 0 Å². The molecule has 2 N–H and O–H groups in total. The van der Waals surface area contributed by atoms with Crippen LogP contribution >= 0.6 is 15.9 Å². The van der Waals surface area contributed by atoms with Crippen LogP contribution in [0.5, 0.6) is 5.75 Å². The smallest absolute Gasteiger partial charge is 0.133 e. The molecule has 0 amide bonds. The van der Waals surface area contributed by atoms with Gasteiger partial charge < -0.3 is 15.2 Å². The molecule has 4 heteroatoms. The maximum absolute atomic E-state index is 9.86. The number of aliphatic hydroxyl groups is 1. The summed E-state index contributed by atoms with van der Waals surface area (Å²) in [5, 5.41) is 13.1. The average molecular weight is 302 g/mol. The van der Waals surface area contributed by atoms with E-state index in [1.54, 1.807) is 7.11 Å². The summed E-state index contributed by atoms with van der Waals surface area (Å²) in [6, 6.07) is 6.26. The van der Waals surface area contributed by atoms with E-state index < -0.39 is 0 Å².